The number of carbonyl (C=O) groups excluding carboxylic acids is 1. The SMILES string of the molecule is CC(C)(C)OC(=O)N1C(c2cc3ccccc3s2)=COC=C1c1cc2ccccc2s1. The molecule has 156 valence electrons. The summed E-state index contributed by atoms with van der Waals surface area (Å²) in [5, 5.41) is 2.26. The molecule has 0 atom stereocenters. The van der Waals surface area contributed by atoms with E-state index in [1.54, 1.807) is 40.1 Å². The Morgan fingerprint density at radius 2 is 1.32 bits per heavy atom. The minimum atomic E-state index is -0.619. The third kappa shape index (κ3) is 3.84. The highest BCUT2D eigenvalue weighted by molar-refractivity contribution is 7.20. The van der Waals surface area contributed by atoms with Crippen molar-refractivity contribution in [2.75, 3.05) is 0 Å². The molecule has 0 saturated heterocycles. The number of hydrogen-bond acceptors (Lipinski definition) is 5. The molecule has 0 fully saturated rings. The summed E-state index contributed by atoms with van der Waals surface area (Å²) in [5.41, 5.74) is 0.724. The standard InChI is InChI=1S/C25H21NO3S2/c1-25(2,3)29-24(27)26-18(22-12-16-8-4-6-10-20(16)30-22)14-28-15-19(26)23-13-17-9-5-7-11-21(17)31-23/h4-15H,1-3H3. The third-order valence-corrected chi connectivity index (χ3v) is 7.05. The van der Waals surface area contributed by atoms with E-state index in [9.17, 15) is 4.79 Å². The maximum atomic E-state index is 13.4. The van der Waals surface area contributed by atoms with Gasteiger partial charge in [-0.2, -0.15) is 0 Å². The predicted molar refractivity (Wildman–Crippen MR) is 129 cm³/mol. The summed E-state index contributed by atoms with van der Waals surface area (Å²) in [6.45, 7) is 5.62. The van der Waals surface area contributed by atoms with Crippen molar-refractivity contribution in [3.63, 3.8) is 0 Å². The Balaban J connectivity index is 1.61. The van der Waals surface area contributed by atoms with Crippen LogP contribution < -0.4 is 0 Å². The lowest BCUT2D eigenvalue weighted by molar-refractivity contribution is 0.0419. The second-order valence-corrected chi connectivity index (χ2v) is 10.4. The average molecular weight is 448 g/mol. The van der Waals surface area contributed by atoms with Crippen LogP contribution in [0, 0.1) is 0 Å². The number of benzene rings is 2. The predicted octanol–water partition coefficient (Wildman–Crippen LogP) is 7.68. The normalized spacial score (nSPS) is 14.4. The van der Waals surface area contributed by atoms with E-state index < -0.39 is 11.7 Å². The molecule has 2 aromatic carbocycles. The Hall–Kier alpha value is -3.09. The maximum Gasteiger partial charge on any atom is 0.419 e. The highest BCUT2D eigenvalue weighted by Crippen LogP contribution is 2.41. The van der Waals surface area contributed by atoms with Gasteiger partial charge in [0, 0.05) is 9.40 Å². The topological polar surface area (TPSA) is 38.8 Å². The summed E-state index contributed by atoms with van der Waals surface area (Å²) in [7, 11) is 0. The summed E-state index contributed by atoms with van der Waals surface area (Å²) < 4.78 is 13.8. The van der Waals surface area contributed by atoms with Crippen LogP contribution in [0.4, 0.5) is 4.79 Å². The van der Waals surface area contributed by atoms with Gasteiger partial charge in [-0.3, -0.25) is 0 Å². The zero-order chi connectivity index (χ0) is 21.6. The van der Waals surface area contributed by atoms with E-state index in [-0.39, 0.29) is 0 Å². The highest BCUT2D eigenvalue weighted by atomic mass is 32.1. The number of hydrogen-bond donors (Lipinski definition) is 0. The van der Waals surface area contributed by atoms with E-state index in [1.165, 1.54) is 0 Å². The van der Waals surface area contributed by atoms with Crippen LogP contribution in [-0.4, -0.2) is 16.6 Å². The molecule has 0 saturated carbocycles. The van der Waals surface area contributed by atoms with Crippen LogP contribution in [-0.2, 0) is 9.47 Å². The molecule has 6 heteroatoms. The summed E-state index contributed by atoms with van der Waals surface area (Å²) in [4.78, 5) is 16.9. The largest absolute Gasteiger partial charge is 0.468 e. The zero-order valence-corrected chi connectivity index (χ0v) is 19.0. The minimum absolute atomic E-state index is 0.428. The number of thiophene rings is 2. The van der Waals surface area contributed by atoms with E-state index in [1.807, 2.05) is 45.0 Å². The molecule has 31 heavy (non-hydrogen) atoms. The van der Waals surface area contributed by atoms with Gasteiger partial charge in [0.25, 0.3) is 0 Å². The fraction of sp³-hybridized carbons (Fsp3) is 0.160. The number of nitrogens with zero attached hydrogens (tertiary/aromatic N) is 1. The molecule has 4 aromatic rings. The van der Waals surface area contributed by atoms with E-state index >= 15 is 0 Å². The van der Waals surface area contributed by atoms with Gasteiger partial charge >= 0.3 is 6.09 Å². The van der Waals surface area contributed by atoms with E-state index in [0.29, 0.717) is 11.4 Å². The van der Waals surface area contributed by atoms with Crippen LogP contribution in [0.5, 0.6) is 0 Å². The molecule has 5 rings (SSSR count). The van der Waals surface area contributed by atoms with Gasteiger partial charge in [-0.1, -0.05) is 36.4 Å². The first-order chi connectivity index (χ1) is 14.9. The number of rotatable bonds is 2. The Morgan fingerprint density at radius 3 is 1.77 bits per heavy atom. The Kier molecular flexibility index (Phi) is 4.84. The van der Waals surface area contributed by atoms with Gasteiger partial charge in [0.2, 0.25) is 0 Å². The number of fused-ring (bicyclic) bond motifs is 2. The van der Waals surface area contributed by atoms with Crippen molar-refractivity contribution in [3.05, 3.63) is 82.9 Å². The molecule has 4 nitrogen and oxygen atoms in total. The molecule has 0 bridgehead atoms. The van der Waals surface area contributed by atoms with Crippen molar-refractivity contribution in [2.24, 2.45) is 0 Å². The van der Waals surface area contributed by atoms with E-state index in [2.05, 4.69) is 36.4 Å². The van der Waals surface area contributed by atoms with Crippen LogP contribution in [0.3, 0.4) is 0 Å². The van der Waals surface area contributed by atoms with Crippen molar-refractivity contribution >= 4 is 60.3 Å². The van der Waals surface area contributed by atoms with Gasteiger partial charge in [-0.15, -0.1) is 22.7 Å². The Bertz CT molecular complexity index is 1200. The second-order valence-electron chi connectivity index (χ2n) is 8.25. The van der Waals surface area contributed by atoms with Gasteiger partial charge in [0.15, 0.2) is 0 Å². The lowest BCUT2D eigenvalue weighted by Crippen LogP contribution is -2.35. The van der Waals surface area contributed by atoms with Crippen LogP contribution in [0.1, 0.15) is 30.5 Å². The zero-order valence-electron chi connectivity index (χ0n) is 17.4. The van der Waals surface area contributed by atoms with E-state index in [4.69, 9.17) is 9.47 Å². The van der Waals surface area contributed by atoms with Crippen molar-refractivity contribution < 1.29 is 14.3 Å². The first kappa shape index (κ1) is 19.8. The average Bonchev–Trinajstić information content (AvgIpc) is 3.36. The summed E-state index contributed by atoms with van der Waals surface area (Å²) in [6.07, 6.45) is 2.81. The number of amides is 1. The molecule has 0 radical (unpaired) electrons. The quantitative estimate of drug-likeness (QED) is 0.316. The van der Waals surface area contributed by atoms with Gasteiger partial charge in [-0.05, 0) is 55.8 Å². The summed E-state index contributed by atoms with van der Waals surface area (Å²) >= 11 is 3.25. The van der Waals surface area contributed by atoms with Crippen molar-refractivity contribution in [1.29, 1.82) is 0 Å². The smallest absolute Gasteiger partial charge is 0.419 e. The molecule has 3 heterocycles. The summed E-state index contributed by atoms with van der Waals surface area (Å²) in [6, 6.07) is 20.5. The summed E-state index contributed by atoms with van der Waals surface area (Å²) in [5.74, 6) is 0. The molecular formula is C25H21NO3S2. The molecule has 1 aliphatic rings. The van der Waals surface area contributed by atoms with Gasteiger partial charge in [0.1, 0.15) is 29.5 Å². The fourth-order valence-corrected chi connectivity index (χ4v) is 5.57. The van der Waals surface area contributed by atoms with Crippen LogP contribution in [0.25, 0.3) is 31.6 Å². The van der Waals surface area contributed by atoms with Crippen molar-refractivity contribution in [2.45, 2.75) is 26.4 Å². The molecule has 1 amide bonds. The second kappa shape index (κ2) is 7.55. The van der Waals surface area contributed by atoms with E-state index in [0.717, 1.165) is 29.9 Å². The maximum absolute atomic E-state index is 13.4. The fourth-order valence-electron chi connectivity index (χ4n) is 3.46. The molecular weight excluding hydrogens is 426 g/mol. The molecule has 0 aliphatic carbocycles. The van der Waals surface area contributed by atoms with Gasteiger partial charge in [-0.25, -0.2) is 9.69 Å². The van der Waals surface area contributed by atoms with Crippen LogP contribution in [0.2, 0.25) is 0 Å². The number of ether oxygens (including phenoxy) is 2. The van der Waals surface area contributed by atoms with Crippen molar-refractivity contribution in [1.82, 2.24) is 4.90 Å². The monoisotopic (exact) mass is 447 g/mol. The lowest BCUT2D eigenvalue weighted by atomic mass is 10.2. The first-order valence-corrected chi connectivity index (χ1v) is 11.6. The molecule has 2 aromatic heterocycles. The van der Waals surface area contributed by atoms with Gasteiger partial charge < -0.3 is 9.47 Å². The Labute approximate surface area is 188 Å². The van der Waals surface area contributed by atoms with Gasteiger partial charge in [0.05, 0.1) is 9.75 Å². The van der Waals surface area contributed by atoms with Crippen molar-refractivity contribution in [3.8, 4) is 0 Å². The molecule has 0 N–H and O–H groups in total. The highest BCUT2D eigenvalue weighted by Gasteiger charge is 2.33. The third-order valence-electron chi connectivity index (χ3n) is 4.77. The number of carbonyl (C=O) groups is 1. The first-order valence-electron chi connectivity index (χ1n) is 9.96. The molecule has 0 unspecified atom stereocenters. The lowest BCUT2D eigenvalue weighted by Gasteiger charge is -2.31. The van der Waals surface area contributed by atoms with Crippen LogP contribution >= 0.6 is 22.7 Å². The molecule has 1 aliphatic heterocycles. The minimum Gasteiger partial charge on any atom is -0.468 e. The van der Waals surface area contributed by atoms with Crippen LogP contribution in [0.15, 0.2) is 73.2 Å². The Morgan fingerprint density at radius 1 is 0.839 bits per heavy atom. The molecule has 0 spiro atoms.